The molecule has 0 saturated carbocycles. The zero-order valence-corrected chi connectivity index (χ0v) is 15.3. The lowest BCUT2D eigenvalue weighted by molar-refractivity contribution is -0.113. The molecule has 0 spiro atoms. The lowest BCUT2D eigenvalue weighted by Crippen LogP contribution is -2.15. The van der Waals surface area contributed by atoms with Crippen molar-refractivity contribution in [3.05, 3.63) is 60.0 Å². The van der Waals surface area contributed by atoms with Gasteiger partial charge in [0, 0.05) is 0 Å². The zero-order valence-electron chi connectivity index (χ0n) is 14.4. The molecule has 0 radical (unpaired) electrons. The second-order valence-corrected chi connectivity index (χ2v) is 6.62. The van der Waals surface area contributed by atoms with Gasteiger partial charge in [0.2, 0.25) is 0 Å². The second kappa shape index (κ2) is 8.43. The highest BCUT2D eigenvalue weighted by atomic mass is 32.2. The van der Waals surface area contributed by atoms with Crippen molar-refractivity contribution < 1.29 is 27.6 Å². The van der Waals surface area contributed by atoms with E-state index in [0.29, 0.717) is 11.4 Å². The van der Waals surface area contributed by atoms with Crippen LogP contribution in [0.25, 0.3) is 0 Å². The standard InChI is InChI=1S/C17H17N3O6S/c1-11(21)16(17(22)18-12-7-3-5-9-14(12)26-2)20-19-13-8-4-6-10-15(13)27(23,24)25/h3-10,21H,1-2H3,(H,18,22)(H,23,24,25)/b16-11+,20-19?. The average molecular weight is 391 g/mol. The Morgan fingerprint density at radius 1 is 1.11 bits per heavy atom. The molecule has 0 aliphatic heterocycles. The molecule has 142 valence electrons. The average Bonchev–Trinajstić information content (AvgIpc) is 2.61. The number of methoxy groups -OCH3 is 1. The molecular weight excluding hydrogens is 374 g/mol. The fraction of sp³-hybridized carbons (Fsp3) is 0.118. The summed E-state index contributed by atoms with van der Waals surface area (Å²) in [6, 6.07) is 11.9. The van der Waals surface area contributed by atoms with E-state index in [2.05, 4.69) is 15.5 Å². The SMILES string of the molecule is COc1ccccc1NC(=O)/C(N=Nc1ccccc1S(=O)(=O)O)=C(/C)O. The number of hydrogen-bond donors (Lipinski definition) is 3. The summed E-state index contributed by atoms with van der Waals surface area (Å²) < 4.78 is 37.1. The molecule has 2 aromatic carbocycles. The first kappa shape index (κ1) is 20.1. The predicted molar refractivity (Wildman–Crippen MR) is 97.7 cm³/mol. The van der Waals surface area contributed by atoms with Crippen molar-refractivity contribution >= 4 is 27.4 Å². The van der Waals surface area contributed by atoms with Crippen molar-refractivity contribution in [2.45, 2.75) is 11.8 Å². The number of nitrogens with one attached hydrogen (secondary N) is 1. The van der Waals surface area contributed by atoms with Crippen LogP contribution in [0.5, 0.6) is 5.75 Å². The lowest BCUT2D eigenvalue weighted by Gasteiger charge is -2.10. The van der Waals surface area contributed by atoms with E-state index in [9.17, 15) is 22.9 Å². The molecule has 1 amide bonds. The van der Waals surface area contributed by atoms with Gasteiger partial charge in [-0.1, -0.05) is 24.3 Å². The van der Waals surface area contributed by atoms with Crippen molar-refractivity contribution in [2.24, 2.45) is 10.2 Å². The highest BCUT2D eigenvalue weighted by Crippen LogP contribution is 2.26. The molecule has 9 nitrogen and oxygen atoms in total. The van der Waals surface area contributed by atoms with Gasteiger partial charge in [-0.2, -0.15) is 8.42 Å². The van der Waals surface area contributed by atoms with Crippen LogP contribution < -0.4 is 10.1 Å². The second-order valence-electron chi connectivity index (χ2n) is 5.23. The summed E-state index contributed by atoms with van der Waals surface area (Å²) in [6.07, 6.45) is 0. The Hall–Kier alpha value is -3.24. The van der Waals surface area contributed by atoms with Crippen LogP contribution in [0.3, 0.4) is 0 Å². The first-order chi connectivity index (χ1) is 12.7. The van der Waals surface area contributed by atoms with Gasteiger partial charge in [-0.05, 0) is 31.2 Å². The molecule has 0 aliphatic rings. The summed E-state index contributed by atoms with van der Waals surface area (Å²) in [7, 11) is -3.09. The number of ether oxygens (including phenoxy) is 1. The van der Waals surface area contributed by atoms with Crippen LogP contribution in [-0.2, 0) is 14.9 Å². The molecule has 0 aliphatic carbocycles. The van der Waals surface area contributed by atoms with Crippen LogP contribution in [-0.4, -0.2) is 31.1 Å². The maximum absolute atomic E-state index is 12.4. The van der Waals surface area contributed by atoms with Crippen molar-refractivity contribution in [2.75, 3.05) is 12.4 Å². The first-order valence-corrected chi connectivity index (χ1v) is 9.00. The van der Waals surface area contributed by atoms with Crippen LogP contribution in [0.2, 0.25) is 0 Å². The smallest absolute Gasteiger partial charge is 0.296 e. The number of rotatable bonds is 6. The number of allylic oxidation sites excluding steroid dienone is 1. The summed E-state index contributed by atoms with van der Waals surface area (Å²) in [5, 5.41) is 19.6. The Morgan fingerprint density at radius 2 is 1.74 bits per heavy atom. The number of azo groups is 1. The van der Waals surface area contributed by atoms with Crippen LogP contribution in [0, 0.1) is 0 Å². The Balaban J connectivity index is 2.34. The van der Waals surface area contributed by atoms with Gasteiger partial charge in [-0.15, -0.1) is 10.2 Å². The fourth-order valence-electron chi connectivity index (χ4n) is 2.07. The number of hydrogen-bond acceptors (Lipinski definition) is 7. The number of aliphatic hydroxyl groups excluding tert-OH is 1. The maximum atomic E-state index is 12.4. The van der Waals surface area contributed by atoms with Crippen LogP contribution in [0.4, 0.5) is 11.4 Å². The molecular formula is C17H17N3O6S. The topological polar surface area (TPSA) is 138 Å². The van der Waals surface area contributed by atoms with E-state index in [4.69, 9.17) is 4.74 Å². The zero-order chi connectivity index (χ0) is 20.0. The number of nitrogens with zero attached hydrogens (tertiary/aromatic N) is 2. The van der Waals surface area contributed by atoms with Gasteiger partial charge in [0.1, 0.15) is 22.1 Å². The molecule has 0 atom stereocenters. The minimum Gasteiger partial charge on any atom is -0.510 e. The number of carbonyl (C=O) groups excluding carboxylic acids is 1. The van der Waals surface area contributed by atoms with Crippen LogP contribution in [0.1, 0.15) is 6.92 Å². The Kier molecular flexibility index (Phi) is 6.27. The molecule has 0 fully saturated rings. The summed E-state index contributed by atoms with van der Waals surface area (Å²) in [5.41, 5.74) is -0.285. The number of carbonyl (C=O) groups is 1. The Morgan fingerprint density at radius 3 is 2.37 bits per heavy atom. The molecule has 0 bridgehead atoms. The number of benzene rings is 2. The summed E-state index contributed by atoms with van der Waals surface area (Å²) >= 11 is 0. The quantitative estimate of drug-likeness (QED) is 0.298. The molecule has 0 aromatic heterocycles. The van der Waals surface area contributed by atoms with E-state index in [1.165, 1.54) is 32.2 Å². The third kappa shape index (κ3) is 5.12. The highest BCUT2D eigenvalue weighted by molar-refractivity contribution is 7.86. The van der Waals surface area contributed by atoms with Crippen molar-refractivity contribution in [1.82, 2.24) is 0 Å². The molecule has 3 N–H and O–H groups in total. The summed E-state index contributed by atoms with van der Waals surface area (Å²) in [6.45, 7) is 1.23. The molecule has 0 saturated heterocycles. The molecule has 0 heterocycles. The summed E-state index contributed by atoms with van der Waals surface area (Å²) in [4.78, 5) is 11.9. The highest BCUT2D eigenvalue weighted by Gasteiger charge is 2.17. The van der Waals surface area contributed by atoms with E-state index < -0.39 is 32.4 Å². The van der Waals surface area contributed by atoms with Crippen molar-refractivity contribution in [3.63, 3.8) is 0 Å². The molecule has 10 heteroatoms. The number of para-hydroxylation sites is 2. The van der Waals surface area contributed by atoms with Crippen LogP contribution >= 0.6 is 0 Å². The van der Waals surface area contributed by atoms with Crippen LogP contribution in [0.15, 0.2) is 75.1 Å². The minimum absolute atomic E-state index is 0.191. The summed E-state index contributed by atoms with van der Waals surface area (Å²) in [5.74, 6) is -0.822. The van der Waals surface area contributed by atoms with E-state index in [1.807, 2.05) is 0 Å². The fourth-order valence-corrected chi connectivity index (χ4v) is 2.70. The number of anilines is 1. The van der Waals surface area contributed by atoms with Gasteiger partial charge < -0.3 is 15.2 Å². The van der Waals surface area contributed by atoms with Gasteiger partial charge >= 0.3 is 0 Å². The maximum Gasteiger partial charge on any atom is 0.296 e. The normalized spacial score (nSPS) is 12.6. The van der Waals surface area contributed by atoms with Gasteiger partial charge in [-0.25, -0.2) is 0 Å². The van der Waals surface area contributed by atoms with E-state index in [1.54, 1.807) is 24.3 Å². The largest absolute Gasteiger partial charge is 0.510 e. The molecule has 2 rings (SSSR count). The van der Waals surface area contributed by atoms with Gasteiger partial charge in [0.25, 0.3) is 16.0 Å². The van der Waals surface area contributed by atoms with Crippen molar-refractivity contribution in [1.29, 1.82) is 0 Å². The van der Waals surface area contributed by atoms with Gasteiger partial charge in [0.05, 0.1) is 12.8 Å². The third-order valence-electron chi connectivity index (χ3n) is 3.31. The number of aliphatic hydroxyl groups is 1. The monoisotopic (exact) mass is 391 g/mol. The van der Waals surface area contributed by atoms with E-state index in [0.717, 1.165) is 6.07 Å². The van der Waals surface area contributed by atoms with Gasteiger partial charge in [-0.3, -0.25) is 9.35 Å². The van der Waals surface area contributed by atoms with E-state index in [-0.39, 0.29) is 5.69 Å². The Labute approximate surface area is 155 Å². The Bertz CT molecular complexity index is 1010. The first-order valence-electron chi connectivity index (χ1n) is 7.56. The third-order valence-corrected chi connectivity index (χ3v) is 4.21. The molecule has 0 unspecified atom stereocenters. The van der Waals surface area contributed by atoms with Gasteiger partial charge in [0.15, 0.2) is 5.70 Å². The lowest BCUT2D eigenvalue weighted by atomic mass is 10.2. The minimum atomic E-state index is -4.53. The van der Waals surface area contributed by atoms with E-state index >= 15 is 0 Å². The number of amides is 1. The molecule has 27 heavy (non-hydrogen) atoms. The predicted octanol–water partition coefficient (Wildman–Crippen LogP) is 3.45. The molecule has 2 aromatic rings. The van der Waals surface area contributed by atoms with Crippen molar-refractivity contribution in [3.8, 4) is 5.75 Å².